The number of amides is 3. The first-order valence-corrected chi connectivity index (χ1v) is 14.2. The summed E-state index contributed by atoms with van der Waals surface area (Å²) >= 11 is 6.84. The van der Waals surface area contributed by atoms with Gasteiger partial charge in [-0.3, -0.25) is 19.3 Å². The molecule has 1 aliphatic heterocycles. The minimum Gasteiger partial charge on any atom is -0.433 e. The number of hydrogen-bond acceptors (Lipinski definition) is 7. The molecule has 1 aliphatic carbocycles. The van der Waals surface area contributed by atoms with E-state index < -0.39 is 55.4 Å². The van der Waals surface area contributed by atoms with Gasteiger partial charge in [0.1, 0.15) is 12.6 Å². The third-order valence-electron chi connectivity index (χ3n) is 6.83. The molecule has 2 fully saturated rings. The number of halogens is 6. The fourth-order valence-corrected chi connectivity index (χ4v) is 5.58. The van der Waals surface area contributed by atoms with Crippen LogP contribution in [0.5, 0.6) is 5.75 Å². The quantitative estimate of drug-likeness (QED) is 0.325. The monoisotopic (exact) mass is 638 g/mol. The van der Waals surface area contributed by atoms with Gasteiger partial charge in [0.15, 0.2) is 5.75 Å². The molecule has 4 rings (SSSR count). The Morgan fingerprint density at radius 2 is 1.98 bits per heavy atom. The molecule has 16 heteroatoms. The highest BCUT2D eigenvalue weighted by atomic mass is 35.5. The van der Waals surface area contributed by atoms with Crippen LogP contribution in [0, 0.1) is 5.92 Å². The second kappa shape index (κ2) is 14.0. The predicted octanol–water partition coefficient (Wildman–Crippen LogP) is 4.77. The second-order valence-corrected chi connectivity index (χ2v) is 11.5. The zero-order chi connectivity index (χ0) is 30.4. The molecule has 2 N–H and O–H groups in total. The van der Waals surface area contributed by atoms with Crippen LogP contribution in [0.1, 0.15) is 28.9 Å². The van der Waals surface area contributed by atoms with Crippen LogP contribution in [0.25, 0.3) is 0 Å². The van der Waals surface area contributed by atoms with Gasteiger partial charge in [0.05, 0.1) is 28.1 Å². The summed E-state index contributed by atoms with van der Waals surface area (Å²) in [6, 6.07) is 5.13. The number of thiophene rings is 1. The highest BCUT2D eigenvalue weighted by molar-refractivity contribution is 7.18. The molecule has 0 bridgehead atoms. The van der Waals surface area contributed by atoms with Crippen molar-refractivity contribution in [2.45, 2.75) is 38.1 Å². The fraction of sp³-hybridized carbons (Fsp3) is 0.500. The Morgan fingerprint density at radius 3 is 2.57 bits per heavy atom. The van der Waals surface area contributed by atoms with Crippen molar-refractivity contribution in [3.8, 4) is 5.75 Å². The van der Waals surface area contributed by atoms with Gasteiger partial charge in [-0.15, -0.1) is 11.3 Å². The van der Waals surface area contributed by atoms with E-state index >= 15 is 0 Å². The zero-order valence-corrected chi connectivity index (χ0v) is 23.7. The Balaban J connectivity index is 1.60. The summed E-state index contributed by atoms with van der Waals surface area (Å²) in [7, 11) is 0. The van der Waals surface area contributed by atoms with E-state index in [0.29, 0.717) is 17.2 Å². The van der Waals surface area contributed by atoms with E-state index in [1.807, 2.05) is 0 Å². The van der Waals surface area contributed by atoms with Gasteiger partial charge in [-0.1, -0.05) is 18.0 Å². The van der Waals surface area contributed by atoms with Crippen molar-refractivity contribution >= 4 is 52.0 Å². The lowest BCUT2D eigenvalue weighted by Gasteiger charge is -2.37. The van der Waals surface area contributed by atoms with Crippen LogP contribution in [0.3, 0.4) is 0 Å². The summed E-state index contributed by atoms with van der Waals surface area (Å²) in [5, 5.41) is 4.89. The third kappa shape index (κ3) is 8.75. The van der Waals surface area contributed by atoms with E-state index in [1.165, 1.54) is 29.2 Å². The Hall–Kier alpha value is -3.01. The Bertz CT molecular complexity index is 1280. The Morgan fingerprint density at radius 1 is 1.21 bits per heavy atom. The van der Waals surface area contributed by atoms with Gasteiger partial charge < -0.3 is 25.0 Å². The number of ether oxygens (including phenoxy) is 2. The predicted molar refractivity (Wildman–Crippen MR) is 145 cm³/mol. The van der Waals surface area contributed by atoms with Gasteiger partial charge in [-0.2, -0.15) is 22.0 Å². The molecular formula is C26H28ClF5N4O5S. The largest absolute Gasteiger partial charge is 0.433 e. The van der Waals surface area contributed by atoms with E-state index in [0.717, 1.165) is 28.7 Å². The zero-order valence-electron chi connectivity index (χ0n) is 22.1. The highest BCUT2D eigenvalue weighted by Gasteiger charge is 2.39. The van der Waals surface area contributed by atoms with Gasteiger partial charge in [0, 0.05) is 31.4 Å². The van der Waals surface area contributed by atoms with Crippen LogP contribution in [0.15, 0.2) is 30.3 Å². The van der Waals surface area contributed by atoms with E-state index in [-0.39, 0.29) is 48.5 Å². The molecule has 230 valence electrons. The lowest BCUT2D eigenvalue weighted by molar-refractivity contribution is -0.156. The molecule has 1 atom stereocenters. The lowest BCUT2D eigenvalue weighted by atomic mass is 9.84. The van der Waals surface area contributed by atoms with Gasteiger partial charge in [-0.05, 0) is 43.0 Å². The lowest BCUT2D eigenvalue weighted by Crippen LogP contribution is -2.55. The van der Waals surface area contributed by atoms with Crippen LogP contribution in [-0.4, -0.2) is 80.8 Å². The smallest absolute Gasteiger partial charge is 0.401 e. The van der Waals surface area contributed by atoms with Crippen molar-refractivity contribution in [1.82, 2.24) is 10.2 Å². The number of hydrogen-bond donors (Lipinski definition) is 2. The second-order valence-electron chi connectivity index (χ2n) is 9.82. The SMILES string of the molecule is O=C(NC[C@@H](C(=O)Nc1ccc(N2CCOCC2=O)cc1OC(F)F)N(CC1CCC1)CC(F)(F)F)c1ccc(Cl)s1. The Labute approximate surface area is 246 Å². The number of anilines is 2. The standard InChI is InChI=1S/C26H28ClF5N4O5S/c27-21-7-6-20(42-21)24(39)33-11-18(35(14-26(30,31)32)12-15-2-1-3-15)23(38)34-17-5-4-16(10-19(17)41-25(28)29)36-8-9-40-13-22(36)37/h4-7,10,15,18,25H,1-3,8-9,11-14H2,(H,33,39)(H,34,38)/t18-/m0/s1. The van der Waals surface area contributed by atoms with Gasteiger partial charge in [0.25, 0.3) is 11.8 Å². The van der Waals surface area contributed by atoms with Crippen molar-refractivity contribution in [3.05, 3.63) is 39.5 Å². The van der Waals surface area contributed by atoms with Crippen LogP contribution in [0.2, 0.25) is 4.34 Å². The minimum absolute atomic E-state index is 0.0588. The highest BCUT2D eigenvalue weighted by Crippen LogP contribution is 2.33. The molecule has 2 heterocycles. The molecule has 1 aromatic carbocycles. The number of carbonyl (C=O) groups is 3. The number of rotatable bonds is 12. The van der Waals surface area contributed by atoms with Crippen LogP contribution >= 0.6 is 22.9 Å². The molecule has 2 aliphatic rings. The summed E-state index contributed by atoms with van der Waals surface area (Å²) in [6.45, 7) is -5.12. The van der Waals surface area contributed by atoms with Crippen molar-refractivity contribution in [1.29, 1.82) is 0 Å². The first-order chi connectivity index (χ1) is 19.9. The van der Waals surface area contributed by atoms with Crippen molar-refractivity contribution < 1.29 is 45.8 Å². The van der Waals surface area contributed by atoms with Gasteiger partial charge in [-0.25, -0.2) is 0 Å². The minimum atomic E-state index is -4.66. The van der Waals surface area contributed by atoms with Gasteiger partial charge in [0.2, 0.25) is 5.91 Å². The summed E-state index contributed by atoms with van der Waals surface area (Å²) in [5.74, 6) is -2.59. The van der Waals surface area contributed by atoms with E-state index in [2.05, 4.69) is 15.4 Å². The first-order valence-electron chi connectivity index (χ1n) is 13.0. The number of alkyl halides is 5. The maximum absolute atomic E-state index is 13.6. The molecule has 2 aromatic rings. The number of benzene rings is 1. The molecule has 0 unspecified atom stereocenters. The third-order valence-corrected chi connectivity index (χ3v) is 8.06. The molecule has 0 radical (unpaired) electrons. The van der Waals surface area contributed by atoms with Crippen molar-refractivity contribution in [3.63, 3.8) is 0 Å². The van der Waals surface area contributed by atoms with Crippen LogP contribution < -0.4 is 20.3 Å². The molecule has 1 saturated heterocycles. The number of carbonyl (C=O) groups excluding carboxylic acids is 3. The summed E-state index contributed by atoms with van der Waals surface area (Å²) in [6.07, 6.45) is -2.43. The summed E-state index contributed by atoms with van der Waals surface area (Å²) < 4.78 is 77.5. The van der Waals surface area contributed by atoms with Gasteiger partial charge >= 0.3 is 12.8 Å². The molecule has 9 nitrogen and oxygen atoms in total. The molecule has 42 heavy (non-hydrogen) atoms. The number of morpholine rings is 1. The topological polar surface area (TPSA) is 100 Å². The summed E-state index contributed by atoms with van der Waals surface area (Å²) in [4.78, 5) is 40.9. The maximum Gasteiger partial charge on any atom is 0.401 e. The fourth-order valence-electron chi connectivity index (χ4n) is 4.62. The van der Waals surface area contributed by atoms with E-state index in [9.17, 15) is 36.3 Å². The number of nitrogens with one attached hydrogen (secondary N) is 2. The molecule has 3 amide bonds. The molecule has 1 aromatic heterocycles. The number of nitrogens with zero attached hydrogens (tertiary/aromatic N) is 2. The summed E-state index contributed by atoms with van der Waals surface area (Å²) in [5.41, 5.74) is -0.0409. The Kier molecular flexibility index (Phi) is 10.6. The van der Waals surface area contributed by atoms with Crippen LogP contribution in [0.4, 0.5) is 33.3 Å². The van der Waals surface area contributed by atoms with Crippen molar-refractivity contribution in [2.75, 3.05) is 49.6 Å². The maximum atomic E-state index is 13.6. The average Bonchev–Trinajstić information content (AvgIpc) is 3.32. The molecule has 0 spiro atoms. The first kappa shape index (κ1) is 31.9. The average molecular weight is 639 g/mol. The van der Waals surface area contributed by atoms with Crippen molar-refractivity contribution in [2.24, 2.45) is 5.92 Å². The molecule has 1 saturated carbocycles. The normalized spacial score (nSPS) is 16.9. The van der Waals surface area contributed by atoms with E-state index in [1.54, 1.807) is 0 Å². The van der Waals surface area contributed by atoms with E-state index in [4.69, 9.17) is 16.3 Å². The van der Waals surface area contributed by atoms with Crippen LogP contribution in [-0.2, 0) is 14.3 Å². The molecular weight excluding hydrogens is 611 g/mol.